The number of ether oxygens (including phenoxy) is 1. The average molecular weight is 447 g/mol. The lowest BCUT2D eigenvalue weighted by Gasteiger charge is -2.32. The number of ketones is 1. The van der Waals surface area contributed by atoms with Crippen LogP contribution in [0, 0.1) is 0 Å². The predicted molar refractivity (Wildman–Crippen MR) is 127 cm³/mol. The minimum Gasteiger partial charge on any atom is -0.367 e. The van der Waals surface area contributed by atoms with Gasteiger partial charge < -0.3 is 10.1 Å². The maximum atomic E-state index is 12.9. The SMILES string of the molecule is COC(C(=O)Nc1ccnn1C1CCN(Cc2cccc(C(C)=O)c2)CC1)c1ccccc1. The number of aromatic nitrogens is 2. The maximum Gasteiger partial charge on any atom is 0.259 e. The van der Waals surface area contributed by atoms with Gasteiger partial charge in [-0.3, -0.25) is 14.5 Å². The van der Waals surface area contributed by atoms with E-state index in [4.69, 9.17) is 4.74 Å². The summed E-state index contributed by atoms with van der Waals surface area (Å²) in [6, 6.07) is 19.4. The summed E-state index contributed by atoms with van der Waals surface area (Å²) in [7, 11) is 1.54. The van der Waals surface area contributed by atoms with E-state index in [-0.39, 0.29) is 17.7 Å². The second-order valence-electron chi connectivity index (χ2n) is 8.44. The molecule has 0 saturated carbocycles. The Labute approximate surface area is 194 Å². The molecule has 0 spiro atoms. The molecule has 1 N–H and O–H groups in total. The molecule has 1 aliphatic rings. The molecule has 172 valence electrons. The molecule has 0 bridgehead atoms. The lowest BCUT2D eigenvalue weighted by molar-refractivity contribution is -0.126. The molecule has 33 heavy (non-hydrogen) atoms. The smallest absolute Gasteiger partial charge is 0.259 e. The number of benzene rings is 2. The Morgan fingerprint density at radius 2 is 1.85 bits per heavy atom. The van der Waals surface area contributed by atoms with Crippen molar-refractivity contribution in [2.24, 2.45) is 0 Å². The van der Waals surface area contributed by atoms with Crippen LogP contribution in [0.2, 0.25) is 0 Å². The van der Waals surface area contributed by atoms with Crippen LogP contribution in [0.5, 0.6) is 0 Å². The predicted octanol–water partition coefficient (Wildman–Crippen LogP) is 4.25. The summed E-state index contributed by atoms with van der Waals surface area (Å²) in [6.07, 6.45) is 2.91. The number of carbonyl (C=O) groups is 2. The van der Waals surface area contributed by atoms with Crippen molar-refractivity contribution in [3.63, 3.8) is 0 Å². The molecule has 1 fully saturated rings. The van der Waals surface area contributed by atoms with E-state index in [1.807, 2.05) is 59.3 Å². The van der Waals surface area contributed by atoms with Gasteiger partial charge in [0.2, 0.25) is 0 Å². The van der Waals surface area contributed by atoms with Gasteiger partial charge in [-0.1, -0.05) is 48.5 Å². The van der Waals surface area contributed by atoms with E-state index in [1.54, 1.807) is 13.1 Å². The van der Waals surface area contributed by atoms with Crippen LogP contribution in [0.3, 0.4) is 0 Å². The van der Waals surface area contributed by atoms with Crippen molar-refractivity contribution in [1.29, 1.82) is 0 Å². The van der Waals surface area contributed by atoms with Crippen molar-refractivity contribution in [3.05, 3.63) is 83.6 Å². The van der Waals surface area contributed by atoms with Gasteiger partial charge in [-0.2, -0.15) is 5.10 Å². The van der Waals surface area contributed by atoms with Crippen LogP contribution in [0.1, 0.15) is 53.4 Å². The van der Waals surface area contributed by atoms with Gasteiger partial charge in [-0.25, -0.2) is 4.68 Å². The van der Waals surface area contributed by atoms with Crippen molar-refractivity contribution >= 4 is 17.5 Å². The Morgan fingerprint density at radius 3 is 2.55 bits per heavy atom. The van der Waals surface area contributed by atoms with Crippen LogP contribution in [-0.4, -0.2) is 46.6 Å². The van der Waals surface area contributed by atoms with E-state index in [1.165, 1.54) is 7.11 Å². The molecule has 1 aromatic heterocycles. The average Bonchev–Trinajstić information content (AvgIpc) is 3.29. The first-order valence-electron chi connectivity index (χ1n) is 11.3. The lowest BCUT2D eigenvalue weighted by Crippen LogP contribution is -2.35. The molecule has 1 aliphatic heterocycles. The molecule has 7 nitrogen and oxygen atoms in total. The van der Waals surface area contributed by atoms with Crippen molar-refractivity contribution < 1.29 is 14.3 Å². The van der Waals surface area contributed by atoms with Gasteiger partial charge in [0, 0.05) is 38.4 Å². The molecular weight excluding hydrogens is 416 g/mol. The van der Waals surface area contributed by atoms with Crippen LogP contribution in [-0.2, 0) is 16.1 Å². The minimum atomic E-state index is -0.679. The van der Waals surface area contributed by atoms with E-state index >= 15 is 0 Å². The molecule has 2 aromatic carbocycles. The van der Waals surface area contributed by atoms with Crippen molar-refractivity contribution in [2.75, 3.05) is 25.5 Å². The fraction of sp³-hybridized carbons (Fsp3) is 0.346. The molecule has 4 rings (SSSR count). The quantitative estimate of drug-likeness (QED) is 0.524. The van der Waals surface area contributed by atoms with E-state index in [0.29, 0.717) is 5.82 Å². The van der Waals surface area contributed by atoms with Gasteiger partial charge >= 0.3 is 0 Å². The molecule has 1 amide bonds. The molecule has 2 heterocycles. The molecule has 7 heteroatoms. The number of methoxy groups -OCH3 is 1. The summed E-state index contributed by atoms with van der Waals surface area (Å²) < 4.78 is 7.38. The number of amides is 1. The monoisotopic (exact) mass is 446 g/mol. The first-order chi connectivity index (χ1) is 16.0. The lowest BCUT2D eigenvalue weighted by atomic mass is 10.0. The molecule has 0 aliphatic carbocycles. The van der Waals surface area contributed by atoms with Gasteiger partial charge in [-0.05, 0) is 37.0 Å². The summed E-state index contributed by atoms with van der Waals surface area (Å²) in [4.78, 5) is 26.9. The zero-order chi connectivity index (χ0) is 23.2. The Kier molecular flexibility index (Phi) is 7.32. The highest BCUT2D eigenvalue weighted by Crippen LogP contribution is 2.27. The number of Topliss-reactive ketones (excluding diaryl/α,β-unsaturated/α-hetero) is 1. The Bertz CT molecular complexity index is 1090. The van der Waals surface area contributed by atoms with E-state index in [0.717, 1.165) is 49.2 Å². The second-order valence-corrected chi connectivity index (χ2v) is 8.44. The highest BCUT2D eigenvalue weighted by molar-refractivity contribution is 5.94. The Morgan fingerprint density at radius 1 is 1.09 bits per heavy atom. The molecule has 1 atom stereocenters. The molecule has 0 radical (unpaired) electrons. The van der Waals surface area contributed by atoms with E-state index < -0.39 is 6.10 Å². The van der Waals surface area contributed by atoms with E-state index in [9.17, 15) is 9.59 Å². The van der Waals surface area contributed by atoms with Gasteiger partial charge in [0.05, 0.1) is 12.2 Å². The number of nitrogens with one attached hydrogen (secondary N) is 1. The zero-order valence-corrected chi connectivity index (χ0v) is 19.1. The third kappa shape index (κ3) is 5.56. The molecule has 1 unspecified atom stereocenters. The largest absolute Gasteiger partial charge is 0.367 e. The highest BCUT2D eigenvalue weighted by Gasteiger charge is 2.25. The summed E-state index contributed by atoms with van der Waals surface area (Å²) in [5.41, 5.74) is 2.72. The number of rotatable bonds is 8. The number of carbonyl (C=O) groups excluding carboxylic acids is 2. The number of likely N-dealkylation sites (tertiary alicyclic amines) is 1. The van der Waals surface area contributed by atoms with Gasteiger partial charge in [0.15, 0.2) is 11.9 Å². The van der Waals surface area contributed by atoms with Crippen LogP contribution < -0.4 is 5.32 Å². The fourth-order valence-corrected chi connectivity index (χ4v) is 4.39. The van der Waals surface area contributed by atoms with Gasteiger partial charge in [0.25, 0.3) is 5.91 Å². The number of hydrogen-bond donors (Lipinski definition) is 1. The van der Waals surface area contributed by atoms with Crippen LogP contribution in [0.15, 0.2) is 66.9 Å². The normalized spacial score (nSPS) is 15.8. The summed E-state index contributed by atoms with van der Waals surface area (Å²) in [5.74, 6) is 0.561. The summed E-state index contributed by atoms with van der Waals surface area (Å²) >= 11 is 0. The number of nitrogens with zero attached hydrogens (tertiary/aromatic N) is 3. The van der Waals surface area contributed by atoms with Crippen LogP contribution >= 0.6 is 0 Å². The molecule has 1 saturated heterocycles. The Hall–Kier alpha value is -3.29. The van der Waals surface area contributed by atoms with Crippen molar-refractivity contribution in [2.45, 2.75) is 38.5 Å². The summed E-state index contributed by atoms with van der Waals surface area (Å²) in [5, 5.41) is 7.49. The summed E-state index contributed by atoms with van der Waals surface area (Å²) in [6.45, 7) is 4.27. The first kappa shape index (κ1) is 22.9. The van der Waals surface area contributed by atoms with Crippen molar-refractivity contribution in [1.82, 2.24) is 14.7 Å². The highest BCUT2D eigenvalue weighted by atomic mass is 16.5. The fourth-order valence-electron chi connectivity index (χ4n) is 4.39. The third-order valence-electron chi connectivity index (χ3n) is 6.14. The van der Waals surface area contributed by atoms with Crippen molar-refractivity contribution in [3.8, 4) is 0 Å². The number of hydrogen-bond acceptors (Lipinski definition) is 5. The van der Waals surface area contributed by atoms with Gasteiger partial charge in [-0.15, -0.1) is 0 Å². The maximum absolute atomic E-state index is 12.9. The van der Waals surface area contributed by atoms with E-state index in [2.05, 4.69) is 21.4 Å². The minimum absolute atomic E-state index is 0.0896. The number of piperidine rings is 1. The van der Waals surface area contributed by atoms with Crippen LogP contribution in [0.4, 0.5) is 5.82 Å². The molecule has 3 aromatic rings. The first-order valence-corrected chi connectivity index (χ1v) is 11.3. The number of anilines is 1. The standard InChI is InChI=1S/C26H30N4O3/c1-19(31)22-10-6-7-20(17-22)18-29-15-12-23(13-16-29)30-24(11-14-27-30)28-26(32)25(33-2)21-8-4-3-5-9-21/h3-11,14,17,23,25H,12-13,15-16,18H2,1-2H3,(H,28,32). The third-order valence-corrected chi connectivity index (χ3v) is 6.14. The Balaban J connectivity index is 1.36. The zero-order valence-electron chi connectivity index (χ0n) is 19.1. The van der Waals surface area contributed by atoms with Crippen LogP contribution in [0.25, 0.3) is 0 Å². The molecular formula is C26H30N4O3. The topological polar surface area (TPSA) is 76.5 Å². The second kappa shape index (κ2) is 10.6. The van der Waals surface area contributed by atoms with Gasteiger partial charge in [0.1, 0.15) is 5.82 Å².